The lowest BCUT2D eigenvalue weighted by atomic mass is 10.0. The summed E-state index contributed by atoms with van der Waals surface area (Å²) in [6, 6.07) is 23.5. The van der Waals surface area contributed by atoms with Crippen LogP contribution in [0.3, 0.4) is 0 Å². The summed E-state index contributed by atoms with van der Waals surface area (Å²) >= 11 is 0. The van der Waals surface area contributed by atoms with Crippen LogP contribution in [0.25, 0.3) is 0 Å². The molecule has 3 rings (SSSR count). The molecule has 1 atom stereocenters. The quantitative estimate of drug-likeness (QED) is 0.517. The van der Waals surface area contributed by atoms with E-state index in [0.717, 1.165) is 23.3 Å². The summed E-state index contributed by atoms with van der Waals surface area (Å²) in [6.07, 6.45) is 1.91. The van der Waals surface area contributed by atoms with Gasteiger partial charge < -0.3 is 10.1 Å². The highest BCUT2D eigenvalue weighted by atomic mass is 32.2. The number of benzene rings is 3. The number of amides is 1. The van der Waals surface area contributed by atoms with Crippen LogP contribution < -0.4 is 14.4 Å². The number of sulfonamides is 1. The molecular formula is C25H28N2O4S. The second-order valence-corrected chi connectivity index (χ2v) is 9.42. The van der Waals surface area contributed by atoms with E-state index >= 15 is 0 Å². The number of methoxy groups -OCH3 is 1. The number of nitrogens with one attached hydrogen (secondary N) is 1. The Morgan fingerprint density at radius 2 is 1.59 bits per heavy atom. The Balaban J connectivity index is 1.75. The Kier molecular flexibility index (Phi) is 7.53. The fourth-order valence-corrected chi connectivity index (χ4v) is 4.32. The zero-order valence-corrected chi connectivity index (χ0v) is 19.3. The van der Waals surface area contributed by atoms with Gasteiger partial charge in [0.1, 0.15) is 5.75 Å². The zero-order valence-electron chi connectivity index (χ0n) is 18.5. The molecule has 0 heterocycles. The molecule has 7 heteroatoms. The van der Waals surface area contributed by atoms with Gasteiger partial charge in [0.25, 0.3) is 5.91 Å². The molecule has 1 N–H and O–H groups in total. The van der Waals surface area contributed by atoms with E-state index < -0.39 is 10.0 Å². The molecule has 1 amide bonds. The maximum atomic E-state index is 12.8. The van der Waals surface area contributed by atoms with Crippen molar-refractivity contribution in [2.45, 2.75) is 25.9 Å². The van der Waals surface area contributed by atoms with Crippen molar-refractivity contribution in [1.82, 2.24) is 5.32 Å². The van der Waals surface area contributed by atoms with Crippen LogP contribution in [0.15, 0.2) is 78.9 Å². The maximum Gasteiger partial charge on any atom is 0.251 e. The summed E-state index contributed by atoms with van der Waals surface area (Å²) in [5.41, 5.74) is 2.85. The molecule has 0 aliphatic heterocycles. The van der Waals surface area contributed by atoms with Gasteiger partial charge in [0.05, 0.1) is 31.6 Å². The standard InChI is InChI=1S/C25H28N2O4S/c1-4-24(20-12-16-23(31-2)17-13-20)26-25(28)21-10-14-22(15-11-21)27(32(3,29)30)18-19-8-6-5-7-9-19/h5-17,24H,4,18H2,1-3H3,(H,26,28)/t24-/m0/s1. The lowest BCUT2D eigenvalue weighted by Crippen LogP contribution is -2.30. The van der Waals surface area contributed by atoms with Gasteiger partial charge in [-0.25, -0.2) is 8.42 Å². The Hall–Kier alpha value is -3.32. The van der Waals surface area contributed by atoms with Crippen molar-refractivity contribution in [2.24, 2.45) is 0 Å². The second kappa shape index (κ2) is 10.3. The third kappa shape index (κ3) is 5.88. The normalized spacial score (nSPS) is 12.1. The molecule has 6 nitrogen and oxygen atoms in total. The summed E-state index contributed by atoms with van der Waals surface area (Å²) in [5.74, 6) is 0.546. The Labute approximate surface area is 189 Å². The first-order valence-corrected chi connectivity index (χ1v) is 12.2. The monoisotopic (exact) mass is 452 g/mol. The van der Waals surface area contributed by atoms with Gasteiger partial charge in [0.15, 0.2) is 0 Å². The van der Waals surface area contributed by atoms with Gasteiger partial charge in [-0.1, -0.05) is 49.4 Å². The Morgan fingerprint density at radius 1 is 0.969 bits per heavy atom. The Morgan fingerprint density at radius 3 is 2.12 bits per heavy atom. The highest BCUT2D eigenvalue weighted by molar-refractivity contribution is 7.92. The lowest BCUT2D eigenvalue weighted by molar-refractivity contribution is 0.0935. The van der Waals surface area contributed by atoms with Crippen molar-refractivity contribution >= 4 is 21.6 Å². The predicted molar refractivity (Wildman–Crippen MR) is 127 cm³/mol. The summed E-state index contributed by atoms with van der Waals surface area (Å²) in [4.78, 5) is 12.8. The van der Waals surface area contributed by atoms with E-state index in [1.165, 1.54) is 10.6 Å². The first kappa shape index (κ1) is 23.3. The molecule has 0 saturated carbocycles. The average Bonchev–Trinajstić information content (AvgIpc) is 2.81. The topological polar surface area (TPSA) is 75.7 Å². The van der Waals surface area contributed by atoms with Crippen molar-refractivity contribution in [1.29, 1.82) is 0 Å². The molecule has 0 unspecified atom stereocenters. The van der Waals surface area contributed by atoms with Crippen LogP contribution in [-0.2, 0) is 16.6 Å². The summed E-state index contributed by atoms with van der Waals surface area (Å²) < 4.78 is 31.3. The third-order valence-corrected chi connectivity index (χ3v) is 6.36. The van der Waals surface area contributed by atoms with E-state index in [4.69, 9.17) is 4.74 Å². The minimum atomic E-state index is -3.49. The molecule has 0 aliphatic carbocycles. The van der Waals surface area contributed by atoms with Crippen LogP contribution in [0.4, 0.5) is 5.69 Å². The number of ether oxygens (including phenoxy) is 1. The average molecular weight is 453 g/mol. The minimum absolute atomic E-state index is 0.140. The fourth-order valence-electron chi connectivity index (χ4n) is 3.43. The van der Waals surface area contributed by atoms with Crippen LogP contribution in [0.1, 0.15) is 40.9 Å². The lowest BCUT2D eigenvalue weighted by Gasteiger charge is -2.23. The number of carbonyl (C=O) groups is 1. The van der Waals surface area contributed by atoms with Crippen molar-refractivity contribution < 1.29 is 17.9 Å². The van der Waals surface area contributed by atoms with E-state index in [-0.39, 0.29) is 18.5 Å². The van der Waals surface area contributed by atoms with E-state index in [1.807, 2.05) is 61.5 Å². The van der Waals surface area contributed by atoms with Gasteiger partial charge in [-0.3, -0.25) is 9.10 Å². The minimum Gasteiger partial charge on any atom is -0.497 e. The molecule has 168 valence electrons. The van der Waals surface area contributed by atoms with Crippen LogP contribution in [0, 0.1) is 0 Å². The van der Waals surface area contributed by atoms with Crippen LogP contribution in [0.5, 0.6) is 5.75 Å². The first-order valence-electron chi connectivity index (χ1n) is 10.4. The molecule has 0 aromatic heterocycles. The fraction of sp³-hybridized carbons (Fsp3) is 0.240. The van der Waals surface area contributed by atoms with Gasteiger partial charge in [0, 0.05) is 5.56 Å². The highest BCUT2D eigenvalue weighted by Crippen LogP contribution is 2.23. The van der Waals surface area contributed by atoms with Crippen molar-refractivity contribution in [2.75, 3.05) is 17.7 Å². The SMILES string of the molecule is CC[C@H](NC(=O)c1ccc(N(Cc2ccccc2)S(C)(=O)=O)cc1)c1ccc(OC)cc1. The Bertz CT molecular complexity index is 1130. The third-order valence-electron chi connectivity index (χ3n) is 5.22. The van der Waals surface area contributed by atoms with Gasteiger partial charge in [0.2, 0.25) is 10.0 Å². The molecule has 32 heavy (non-hydrogen) atoms. The summed E-state index contributed by atoms with van der Waals surface area (Å²) in [6.45, 7) is 2.23. The molecule has 0 aliphatic rings. The van der Waals surface area contributed by atoms with E-state index in [2.05, 4.69) is 5.32 Å². The van der Waals surface area contributed by atoms with Crippen molar-refractivity contribution in [3.63, 3.8) is 0 Å². The highest BCUT2D eigenvalue weighted by Gasteiger charge is 2.19. The molecular weight excluding hydrogens is 424 g/mol. The predicted octanol–water partition coefficient (Wildman–Crippen LogP) is 4.54. The van der Waals surface area contributed by atoms with Crippen molar-refractivity contribution in [3.8, 4) is 5.75 Å². The number of nitrogens with zero attached hydrogens (tertiary/aromatic N) is 1. The number of carbonyl (C=O) groups excluding carboxylic acids is 1. The number of anilines is 1. The smallest absolute Gasteiger partial charge is 0.251 e. The van der Waals surface area contributed by atoms with E-state index in [9.17, 15) is 13.2 Å². The van der Waals surface area contributed by atoms with E-state index in [1.54, 1.807) is 31.4 Å². The number of hydrogen-bond donors (Lipinski definition) is 1. The second-order valence-electron chi connectivity index (χ2n) is 7.51. The van der Waals surface area contributed by atoms with E-state index in [0.29, 0.717) is 11.3 Å². The van der Waals surface area contributed by atoms with Crippen LogP contribution in [0.2, 0.25) is 0 Å². The van der Waals surface area contributed by atoms with Crippen LogP contribution >= 0.6 is 0 Å². The number of hydrogen-bond acceptors (Lipinski definition) is 4. The molecule has 0 fully saturated rings. The first-order chi connectivity index (χ1) is 15.3. The van der Waals surface area contributed by atoms with Gasteiger partial charge in [-0.15, -0.1) is 0 Å². The molecule has 0 saturated heterocycles. The summed E-state index contributed by atoms with van der Waals surface area (Å²) in [7, 11) is -1.88. The molecule has 0 radical (unpaired) electrons. The number of rotatable bonds is 9. The maximum absolute atomic E-state index is 12.8. The van der Waals surface area contributed by atoms with Gasteiger partial charge in [-0.2, -0.15) is 0 Å². The van der Waals surface area contributed by atoms with Gasteiger partial charge in [-0.05, 0) is 53.9 Å². The molecule has 3 aromatic rings. The largest absolute Gasteiger partial charge is 0.497 e. The zero-order chi connectivity index (χ0) is 23.1. The van der Waals surface area contributed by atoms with Crippen LogP contribution in [-0.4, -0.2) is 27.7 Å². The molecule has 0 bridgehead atoms. The summed E-state index contributed by atoms with van der Waals surface area (Å²) in [5, 5.41) is 3.04. The molecule has 3 aromatic carbocycles. The molecule has 0 spiro atoms. The van der Waals surface area contributed by atoms with Crippen molar-refractivity contribution in [3.05, 3.63) is 95.6 Å². The van der Waals surface area contributed by atoms with Gasteiger partial charge >= 0.3 is 0 Å².